The summed E-state index contributed by atoms with van der Waals surface area (Å²) in [7, 11) is 1.36. The molecule has 1 aliphatic heterocycles. The predicted molar refractivity (Wildman–Crippen MR) is 145 cm³/mol. The van der Waals surface area contributed by atoms with Gasteiger partial charge in [0.15, 0.2) is 0 Å². The molecule has 41 heavy (non-hydrogen) atoms. The standard InChI is InChI=1S/C28H31ClF4N4O4/c1-6-36(14-13-27(4)25(40)35(5)26(41)37(27)19-10-8-18(29)9-11-19)24(39)22(16(2)3)34-23(38)20-15-17(28(31,32)33)7-12-21(20)30/h7-12,15-16,22H,6,13-14H2,1-5H3,(H,34,38)/t22-,27?/m1/s1. The minimum atomic E-state index is -4.79. The van der Waals surface area contributed by atoms with Crippen molar-refractivity contribution in [2.45, 2.75) is 51.9 Å². The summed E-state index contributed by atoms with van der Waals surface area (Å²) in [6.07, 6.45) is -4.76. The smallest absolute Gasteiger partial charge is 0.341 e. The highest BCUT2D eigenvalue weighted by Gasteiger charge is 2.53. The second-order valence-corrected chi connectivity index (χ2v) is 10.7. The maximum Gasteiger partial charge on any atom is 0.416 e. The highest BCUT2D eigenvalue weighted by molar-refractivity contribution is 6.30. The molecule has 0 radical (unpaired) electrons. The zero-order valence-corrected chi connectivity index (χ0v) is 23.9. The quantitative estimate of drug-likeness (QED) is 0.311. The fourth-order valence-corrected chi connectivity index (χ4v) is 4.82. The van der Waals surface area contributed by atoms with Gasteiger partial charge in [-0.25, -0.2) is 9.18 Å². The van der Waals surface area contributed by atoms with Crippen LogP contribution < -0.4 is 10.2 Å². The van der Waals surface area contributed by atoms with Gasteiger partial charge in [0.25, 0.3) is 11.8 Å². The first-order chi connectivity index (χ1) is 19.0. The van der Waals surface area contributed by atoms with Crippen LogP contribution >= 0.6 is 11.6 Å². The number of amides is 5. The Balaban J connectivity index is 1.83. The van der Waals surface area contributed by atoms with Crippen LogP contribution in [0.5, 0.6) is 0 Å². The molecule has 0 aliphatic carbocycles. The van der Waals surface area contributed by atoms with Gasteiger partial charge in [0, 0.05) is 30.8 Å². The molecule has 1 N–H and O–H groups in total. The van der Waals surface area contributed by atoms with E-state index < -0.39 is 64.4 Å². The summed E-state index contributed by atoms with van der Waals surface area (Å²) in [6, 6.07) is 6.08. The molecule has 8 nitrogen and oxygen atoms in total. The van der Waals surface area contributed by atoms with Gasteiger partial charge in [0.1, 0.15) is 17.4 Å². The number of likely N-dealkylation sites (N-methyl/N-ethyl adjacent to an activating group) is 2. The summed E-state index contributed by atoms with van der Waals surface area (Å²) in [6.45, 7) is 6.66. The molecule has 0 bridgehead atoms. The molecule has 1 heterocycles. The number of nitrogens with zero attached hydrogens (tertiary/aromatic N) is 3. The highest BCUT2D eigenvalue weighted by Crippen LogP contribution is 2.36. The average molecular weight is 599 g/mol. The molecule has 2 aromatic carbocycles. The number of hydrogen-bond acceptors (Lipinski definition) is 4. The molecule has 2 aromatic rings. The number of imide groups is 1. The first-order valence-electron chi connectivity index (χ1n) is 12.9. The van der Waals surface area contributed by atoms with Crippen molar-refractivity contribution >= 4 is 41.0 Å². The summed E-state index contributed by atoms with van der Waals surface area (Å²) in [5, 5.41) is 2.82. The van der Waals surface area contributed by atoms with Crippen molar-refractivity contribution < 1.29 is 36.7 Å². The summed E-state index contributed by atoms with van der Waals surface area (Å²) >= 11 is 5.98. The van der Waals surface area contributed by atoms with Gasteiger partial charge in [0.05, 0.1) is 11.1 Å². The number of nitrogens with one attached hydrogen (secondary N) is 1. The van der Waals surface area contributed by atoms with Gasteiger partial charge in [-0.2, -0.15) is 13.2 Å². The zero-order valence-electron chi connectivity index (χ0n) is 23.2. The summed E-state index contributed by atoms with van der Waals surface area (Å²) in [4.78, 5) is 56.3. The van der Waals surface area contributed by atoms with E-state index in [1.54, 1.807) is 52.0 Å². The number of anilines is 1. The minimum absolute atomic E-state index is 0.000205. The zero-order chi connectivity index (χ0) is 30.9. The van der Waals surface area contributed by atoms with Gasteiger partial charge < -0.3 is 10.2 Å². The van der Waals surface area contributed by atoms with Crippen molar-refractivity contribution in [1.82, 2.24) is 15.1 Å². The largest absolute Gasteiger partial charge is 0.416 e. The van der Waals surface area contributed by atoms with E-state index in [0.29, 0.717) is 28.9 Å². The lowest BCUT2D eigenvalue weighted by molar-refractivity contribution is -0.137. The molecule has 0 saturated carbocycles. The lowest BCUT2D eigenvalue weighted by atomic mass is 9.94. The summed E-state index contributed by atoms with van der Waals surface area (Å²) in [5.41, 5.74) is -2.97. The SMILES string of the molecule is CCN(CCC1(C)C(=O)N(C)C(=O)N1c1ccc(Cl)cc1)C(=O)[C@H](NC(=O)c1cc(C(F)(F)F)ccc1F)C(C)C. The Kier molecular flexibility index (Phi) is 9.37. The molecule has 1 unspecified atom stereocenters. The van der Waals surface area contributed by atoms with Crippen LogP contribution in [0.1, 0.15) is 50.0 Å². The van der Waals surface area contributed by atoms with Crippen LogP contribution in [0.15, 0.2) is 42.5 Å². The van der Waals surface area contributed by atoms with Crippen LogP contribution in [-0.4, -0.2) is 65.3 Å². The van der Waals surface area contributed by atoms with Gasteiger partial charge in [0.2, 0.25) is 5.91 Å². The predicted octanol–water partition coefficient (Wildman–Crippen LogP) is 5.35. The number of alkyl halides is 3. The molecule has 3 rings (SSSR count). The molecule has 1 fully saturated rings. The molecule has 222 valence electrons. The van der Waals surface area contributed by atoms with Crippen molar-refractivity contribution in [1.29, 1.82) is 0 Å². The van der Waals surface area contributed by atoms with E-state index in [-0.39, 0.29) is 19.5 Å². The third-order valence-corrected chi connectivity index (χ3v) is 7.39. The van der Waals surface area contributed by atoms with Crippen LogP contribution in [-0.2, 0) is 15.8 Å². The average Bonchev–Trinajstić information content (AvgIpc) is 3.07. The second kappa shape index (κ2) is 12.1. The molecule has 0 aromatic heterocycles. The Morgan fingerprint density at radius 1 is 1.10 bits per heavy atom. The van der Waals surface area contributed by atoms with Crippen molar-refractivity contribution in [3.63, 3.8) is 0 Å². The summed E-state index contributed by atoms with van der Waals surface area (Å²) < 4.78 is 53.7. The van der Waals surface area contributed by atoms with E-state index in [0.717, 1.165) is 4.90 Å². The fourth-order valence-electron chi connectivity index (χ4n) is 4.69. The number of urea groups is 1. The maximum atomic E-state index is 14.3. The number of rotatable bonds is 9. The van der Waals surface area contributed by atoms with Gasteiger partial charge in [-0.05, 0) is 68.7 Å². The van der Waals surface area contributed by atoms with E-state index >= 15 is 0 Å². The third-order valence-electron chi connectivity index (χ3n) is 7.14. The van der Waals surface area contributed by atoms with Gasteiger partial charge in [-0.15, -0.1) is 0 Å². The second-order valence-electron chi connectivity index (χ2n) is 10.3. The Morgan fingerprint density at radius 3 is 2.24 bits per heavy atom. The molecule has 2 atom stereocenters. The molecule has 5 amide bonds. The Bertz CT molecular complexity index is 1340. The highest BCUT2D eigenvalue weighted by atomic mass is 35.5. The van der Waals surface area contributed by atoms with Crippen molar-refractivity contribution in [2.75, 3.05) is 25.0 Å². The molecular weight excluding hydrogens is 568 g/mol. The number of carbonyl (C=O) groups excluding carboxylic acids is 4. The van der Waals surface area contributed by atoms with E-state index in [4.69, 9.17) is 11.6 Å². The van der Waals surface area contributed by atoms with Crippen molar-refractivity contribution in [3.8, 4) is 0 Å². The lowest BCUT2D eigenvalue weighted by Gasteiger charge is -2.35. The fraction of sp³-hybridized carbons (Fsp3) is 0.429. The first-order valence-corrected chi connectivity index (χ1v) is 13.2. The Morgan fingerprint density at radius 2 is 1.71 bits per heavy atom. The van der Waals surface area contributed by atoms with Crippen molar-refractivity contribution in [2.24, 2.45) is 5.92 Å². The normalized spacial score (nSPS) is 18.2. The van der Waals surface area contributed by atoms with E-state index in [2.05, 4.69) is 5.32 Å². The first kappa shape index (κ1) is 31.9. The Labute approximate surface area is 240 Å². The van der Waals surface area contributed by atoms with E-state index in [1.165, 1.54) is 16.8 Å². The molecular formula is C28H31ClF4N4O4. The molecule has 13 heteroatoms. The lowest BCUT2D eigenvalue weighted by Crippen LogP contribution is -2.54. The van der Waals surface area contributed by atoms with Crippen LogP contribution in [0.25, 0.3) is 0 Å². The van der Waals surface area contributed by atoms with Gasteiger partial charge in [-0.3, -0.25) is 24.2 Å². The molecule has 1 saturated heterocycles. The topological polar surface area (TPSA) is 90.0 Å². The van der Waals surface area contributed by atoms with Gasteiger partial charge in [-0.1, -0.05) is 25.4 Å². The van der Waals surface area contributed by atoms with E-state index in [9.17, 15) is 36.7 Å². The van der Waals surface area contributed by atoms with Crippen LogP contribution in [0, 0.1) is 11.7 Å². The van der Waals surface area contributed by atoms with Crippen LogP contribution in [0.3, 0.4) is 0 Å². The molecule has 0 spiro atoms. The monoisotopic (exact) mass is 598 g/mol. The number of carbonyl (C=O) groups is 4. The van der Waals surface area contributed by atoms with E-state index in [1.807, 2.05) is 0 Å². The molecule has 1 aliphatic rings. The number of hydrogen-bond donors (Lipinski definition) is 1. The third kappa shape index (κ3) is 6.47. The summed E-state index contributed by atoms with van der Waals surface area (Å²) in [5.74, 6) is -3.90. The Hall–Kier alpha value is -3.67. The van der Waals surface area contributed by atoms with Crippen LogP contribution in [0.2, 0.25) is 5.02 Å². The maximum absolute atomic E-state index is 14.3. The minimum Gasteiger partial charge on any atom is -0.341 e. The van der Waals surface area contributed by atoms with Crippen LogP contribution in [0.4, 0.5) is 28.0 Å². The number of halogens is 5. The van der Waals surface area contributed by atoms with Gasteiger partial charge >= 0.3 is 12.2 Å². The number of benzene rings is 2. The van der Waals surface area contributed by atoms with Crippen molar-refractivity contribution in [3.05, 3.63) is 64.4 Å².